The number of nitrogens with one attached hydrogen (secondary N) is 2. The van der Waals surface area contributed by atoms with E-state index in [1.807, 2.05) is 31.3 Å². The summed E-state index contributed by atoms with van der Waals surface area (Å²) >= 11 is 3.50. The zero-order chi connectivity index (χ0) is 24.5. The van der Waals surface area contributed by atoms with Crippen molar-refractivity contribution in [1.29, 1.82) is 0 Å². The molecule has 2 aromatic carbocycles. The molecule has 3 heterocycles. The topological polar surface area (TPSA) is 88.0 Å². The fourth-order valence-corrected chi connectivity index (χ4v) is 4.43. The minimum Gasteiger partial charge on any atom is -0.353 e. The van der Waals surface area contributed by atoms with Gasteiger partial charge < -0.3 is 15.5 Å². The van der Waals surface area contributed by atoms with Gasteiger partial charge in [-0.25, -0.2) is 19.0 Å². The number of piperazine rings is 1. The van der Waals surface area contributed by atoms with E-state index in [2.05, 4.69) is 52.6 Å². The van der Waals surface area contributed by atoms with E-state index in [1.54, 1.807) is 17.7 Å². The fraction of sp³-hybridized carbons (Fsp3) is 0.280. The molecule has 4 aromatic rings. The normalized spacial score (nSPS) is 16.0. The third-order valence-electron chi connectivity index (χ3n) is 6.20. The van der Waals surface area contributed by atoms with Crippen molar-refractivity contribution in [2.45, 2.75) is 26.4 Å². The number of halogens is 2. The van der Waals surface area contributed by atoms with Crippen molar-refractivity contribution in [3.63, 3.8) is 0 Å². The van der Waals surface area contributed by atoms with Gasteiger partial charge in [-0.15, -0.1) is 5.10 Å². The van der Waals surface area contributed by atoms with E-state index in [0.29, 0.717) is 48.9 Å². The highest BCUT2D eigenvalue weighted by Crippen LogP contribution is 2.25. The van der Waals surface area contributed by atoms with Crippen molar-refractivity contribution in [2.75, 3.05) is 24.5 Å². The van der Waals surface area contributed by atoms with Gasteiger partial charge in [0.2, 0.25) is 5.91 Å². The van der Waals surface area contributed by atoms with E-state index in [1.165, 1.54) is 12.4 Å². The second-order valence-electron chi connectivity index (χ2n) is 8.70. The molecule has 1 amide bonds. The molecule has 1 atom stereocenters. The third kappa shape index (κ3) is 4.89. The molecule has 1 aliphatic heterocycles. The quantitative estimate of drug-likeness (QED) is 0.405. The van der Waals surface area contributed by atoms with Gasteiger partial charge in [-0.05, 0) is 48.7 Å². The van der Waals surface area contributed by atoms with Crippen molar-refractivity contribution < 1.29 is 9.18 Å². The lowest BCUT2D eigenvalue weighted by atomic mass is 10.1. The molecular weight excluding hydrogens is 513 g/mol. The molecule has 0 radical (unpaired) electrons. The first-order chi connectivity index (χ1) is 16.9. The highest BCUT2D eigenvalue weighted by Gasteiger charge is 2.27. The van der Waals surface area contributed by atoms with E-state index in [0.717, 1.165) is 21.0 Å². The Labute approximate surface area is 210 Å². The van der Waals surface area contributed by atoms with Crippen molar-refractivity contribution >= 4 is 38.7 Å². The molecule has 1 fully saturated rings. The molecule has 5 rings (SSSR count). The van der Waals surface area contributed by atoms with Gasteiger partial charge >= 0.3 is 0 Å². The van der Waals surface area contributed by atoms with Crippen LogP contribution in [0.5, 0.6) is 0 Å². The molecule has 2 N–H and O–H groups in total. The van der Waals surface area contributed by atoms with Gasteiger partial charge in [0.1, 0.15) is 24.0 Å². The number of anilines is 1. The van der Waals surface area contributed by atoms with Crippen LogP contribution in [0.4, 0.5) is 10.2 Å². The van der Waals surface area contributed by atoms with Crippen LogP contribution in [-0.4, -0.2) is 51.3 Å². The number of nitrogens with zero attached hydrogens (tertiary/aromatic N) is 5. The molecule has 0 spiro atoms. The van der Waals surface area contributed by atoms with Gasteiger partial charge in [-0.2, -0.15) is 0 Å². The highest BCUT2D eigenvalue weighted by atomic mass is 79.9. The molecule has 35 heavy (non-hydrogen) atoms. The average Bonchev–Trinajstić information content (AvgIpc) is 3.31. The Morgan fingerprint density at radius 2 is 2.06 bits per heavy atom. The summed E-state index contributed by atoms with van der Waals surface area (Å²) in [7, 11) is 0. The van der Waals surface area contributed by atoms with Crippen LogP contribution in [0, 0.1) is 19.7 Å². The van der Waals surface area contributed by atoms with Crippen LogP contribution in [0.3, 0.4) is 0 Å². The summed E-state index contributed by atoms with van der Waals surface area (Å²) in [5, 5.41) is 11.6. The molecule has 0 saturated carbocycles. The minimum absolute atomic E-state index is 0.0635. The number of hydrogen-bond acceptors (Lipinski definition) is 6. The van der Waals surface area contributed by atoms with Gasteiger partial charge in [0.25, 0.3) is 0 Å². The van der Waals surface area contributed by atoms with Crippen LogP contribution in [-0.2, 0) is 11.3 Å². The first kappa shape index (κ1) is 23.4. The summed E-state index contributed by atoms with van der Waals surface area (Å²) in [6.07, 6.45) is 3.28. The van der Waals surface area contributed by atoms with Gasteiger partial charge in [0.15, 0.2) is 5.65 Å². The lowest BCUT2D eigenvalue weighted by molar-refractivity contribution is -0.123. The summed E-state index contributed by atoms with van der Waals surface area (Å²) in [4.78, 5) is 23.8. The maximum atomic E-state index is 14.1. The lowest BCUT2D eigenvalue weighted by Crippen LogP contribution is -2.57. The molecule has 10 heteroatoms. The number of aromatic nitrogens is 4. The molecule has 1 aliphatic rings. The molecule has 0 unspecified atom stereocenters. The Kier molecular flexibility index (Phi) is 6.48. The molecule has 1 saturated heterocycles. The number of benzene rings is 2. The van der Waals surface area contributed by atoms with Crippen LogP contribution in [0.1, 0.15) is 16.7 Å². The van der Waals surface area contributed by atoms with Crippen LogP contribution >= 0.6 is 15.9 Å². The Balaban J connectivity index is 1.33. The summed E-state index contributed by atoms with van der Waals surface area (Å²) in [6.45, 7) is 5.99. The minimum atomic E-state index is -0.383. The van der Waals surface area contributed by atoms with E-state index >= 15 is 0 Å². The van der Waals surface area contributed by atoms with Crippen molar-refractivity contribution in [3.05, 3.63) is 75.9 Å². The van der Waals surface area contributed by atoms with Crippen LogP contribution in [0.15, 0.2) is 53.4 Å². The zero-order valence-electron chi connectivity index (χ0n) is 19.4. The second kappa shape index (κ2) is 9.71. The van der Waals surface area contributed by atoms with Crippen molar-refractivity contribution in [1.82, 2.24) is 30.4 Å². The Hall–Kier alpha value is -3.37. The Bertz CT molecular complexity index is 1410. The fourth-order valence-electron chi connectivity index (χ4n) is 4.18. The monoisotopic (exact) mass is 537 g/mol. The maximum absolute atomic E-state index is 14.1. The third-order valence-corrected chi connectivity index (χ3v) is 7.09. The summed E-state index contributed by atoms with van der Waals surface area (Å²) in [5.41, 5.74) is 3.87. The number of carbonyl (C=O) groups excluding carboxylic acids is 1. The predicted octanol–water partition coefficient (Wildman–Crippen LogP) is 3.43. The van der Waals surface area contributed by atoms with Crippen molar-refractivity contribution in [2.24, 2.45) is 0 Å². The lowest BCUT2D eigenvalue weighted by Gasteiger charge is -2.33. The van der Waals surface area contributed by atoms with Crippen LogP contribution in [0.25, 0.3) is 16.7 Å². The first-order valence-electron chi connectivity index (χ1n) is 11.4. The summed E-state index contributed by atoms with van der Waals surface area (Å²) < 4.78 is 16.7. The SMILES string of the molecule is Cc1ccc(-n2cc3c(N4CCN[C@H](C(=O)NCc5ccc(Br)c(C)c5)C4)ncnc3n2)cc1F. The van der Waals surface area contributed by atoms with Gasteiger partial charge in [0.05, 0.1) is 11.1 Å². The molecule has 180 valence electrons. The van der Waals surface area contributed by atoms with Crippen molar-refractivity contribution in [3.8, 4) is 5.69 Å². The number of hydrogen-bond donors (Lipinski definition) is 2. The largest absolute Gasteiger partial charge is 0.353 e. The van der Waals surface area contributed by atoms with Gasteiger partial charge in [-0.1, -0.05) is 34.1 Å². The van der Waals surface area contributed by atoms with E-state index in [4.69, 9.17) is 0 Å². The number of aryl methyl sites for hydroxylation is 2. The Morgan fingerprint density at radius 1 is 1.20 bits per heavy atom. The summed E-state index contributed by atoms with van der Waals surface area (Å²) in [6, 6.07) is 10.6. The number of fused-ring (bicyclic) bond motifs is 1. The van der Waals surface area contributed by atoms with E-state index < -0.39 is 0 Å². The maximum Gasteiger partial charge on any atom is 0.239 e. The van der Waals surface area contributed by atoms with Gasteiger partial charge in [-0.3, -0.25) is 4.79 Å². The zero-order valence-corrected chi connectivity index (χ0v) is 21.0. The molecule has 8 nitrogen and oxygen atoms in total. The number of rotatable bonds is 5. The number of carbonyl (C=O) groups is 1. The van der Waals surface area contributed by atoms with Gasteiger partial charge in [0, 0.05) is 36.8 Å². The molecule has 2 aromatic heterocycles. The van der Waals surface area contributed by atoms with Crippen LogP contribution < -0.4 is 15.5 Å². The summed E-state index contributed by atoms with van der Waals surface area (Å²) in [5.74, 6) is 0.352. The predicted molar refractivity (Wildman–Crippen MR) is 136 cm³/mol. The molecule has 0 aliphatic carbocycles. The smallest absolute Gasteiger partial charge is 0.239 e. The average molecular weight is 538 g/mol. The Morgan fingerprint density at radius 3 is 2.86 bits per heavy atom. The first-order valence-corrected chi connectivity index (χ1v) is 12.2. The standard InChI is InChI=1S/C25H25BrFN7O/c1-15-3-5-18(10-21(15)27)34-12-19-23(32-34)30-14-31-24(19)33-8-7-28-22(13-33)25(35)29-11-17-4-6-20(26)16(2)9-17/h3-6,9-10,12,14,22,28H,7-8,11,13H2,1-2H3,(H,29,35)/t22-/m0/s1. The van der Waals surface area contributed by atoms with Crippen LogP contribution in [0.2, 0.25) is 0 Å². The van der Waals surface area contributed by atoms with E-state index in [9.17, 15) is 9.18 Å². The highest BCUT2D eigenvalue weighted by molar-refractivity contribution is 9.10. The second-order valence-corrected chi connectivity index (χ2v) is 9.55. The number of amides is 1. The van der Waals surface area contributed by atoms with E-state index in [-0.39, 0.29) is 17.8 Å². The molecular formula is C25H25BrFN7O. The molecule has 0 bridgehead atoms.